The minimum absolute atomic E-state index is 0.712. The molecule has 4 rings (SSSR count). The lowest BCUT2D eigenvalue weighted by atomic mass is 10.1. The number of rotatable bonds is 12. The minimum Gasteiger partial charge on any atom is -0.266 e. The second-order valence-electron chi connectivity index (χ2n) is 25.7. The Morgan fingerprint density at radius 2 is 0.947 bits per heavy atom. The average Bonchev–Trinajstić information content (AvgIpc) is 3.21. The monoisotopic (exact) mass is 936 g/mol. The molecular weight excluding hydrogens is 849 g/mol. The van der Waals surface area contributed by atoms with Gasteiger partial charge in [0.15, 0.2) is 0 Å². The maximum atomic E-state index is 6.58. The van der Waals surface area contributed by atoms with Crippen molar-refractivity contribution in [3.63, 3.8) is 0 Å². The fourth-order valence-electron chi connectivity index (χ4n) is 15.0. The van der Waals surface area contributed by atoms with E-state index in [9.17, 15) is 0 Å². The van der Waals surface area contributed by atoms with E-state index < -0.39 is 80.3 Å². The van der Waals surface area contributed by atoms with Crippen molar-refractivity contribution in [2.45, 2.75) is 198 Å². The molecule has 12 heteroatoms. The lowest BCUT2D eigenvalue weighted by Crippen LogP contribution is -2.92. The van der Waals surface area contributed by atoms with Gasteiger partial charge in [0.05, 0.1) is 27.3 Å². The first-order valence-corrected chi connectivity index (χ1v) is 53.3. The zero-order valence-electron chi connectivity index (χ0n) is 42.0. The van der Waals surface area contributed by atoms with E-state index in [1.165, 1.54) is 39.3 Å². The van der Waals surface area contributed by atoms with Gasteiger partial charge in [0.25, 0.3) is 0 Å². The third-order valence-electron chi connectivity index (χ3n) is 14.3. The molecule has 0 unspecified atom stereocenters. The summed E-state index contributed by atoms with van der Waals surface area (Å²) in [5.74, 6) is 0. The SMILES string of the molecule is Cc1cccc(C)c1N=C1[Si]([Si](C(C)C)C([Si](C)(C)C)[Si](C)(C)C)C(=Nc2c(C)cccc2C)[Si]12C[Si](C)(C)[C@H]([Si](C)(C)C)[Si@]2(C(C)C)C([Si](C)(C)C)[Si](C)(C)C. The van der Waals surface area contributed by atoms with Gasteiger partial charge in [-0.1, -0.05) is 207 Å². The molecule has 2 heterocycles. The topological polar surface area (TPSA) is 24.7 Å². The van der Waals surface area contributed by atoms with E-state index in [1.54, 1.807) is 0 Å². The summed E-state index contributed by atoms with van der Waals surface area (Å²) in [6, 6.07) is 14.1. The third kappa shape index (κ3) is 8.68. The molecule has 0 aliphatic carbocycles. The highest BCUT2D eigenvalue weighted by Crippen LogP contribution is 2.69. The number of nitrogens with zero attached hydrogens (tertiary/aromatic N) is 2. The number of benzene rings is 2. The summed E-state index contributed by atoms with van der Waals surface area (Å²) in [4.78, 5) is 19.9. The largest absolute Gasteiger partial charge is 0.266 e. The van der Waals surface area contributed by atoms with Gasteiger partial charge in [-0.05, 0) is 59.9 Å². The highest BCUT2D eigenvalue weighted by Gasteiger charge is 2.85. The fourth-order valence-corrected chi connectivity index (χ4v) is 179. The summed E-state index contributed by atoms with van der Waals surface area (Å²) >= 11 is 0. The van der Waals surface area contributed by atoms with Crippen LogP contribution in [0.2, 0.25) is 142 Å². The Kier molecular flexibility index (Phi) is 14.1. The van der Waals surface area contributed by atoms with Crippen molar-refractivity contribution in [3.05, 3.63) is 58.7 Å². The molecule has 0 amide bonds. The van der Waals surface area contributed by atoms with Crippen LogP contribution in [0.25, 0.3) is 0 Å². The Bertz CT molecular complexity index is 1730. The van der Waals surface area contributed by atoms with Crippen molar-refractivity contribution in [1.82, 2.24) is 0 Å². The van der Waals surface area contributed by atoms with Crippen LogP contribution in [-0.2, 0) is 0 Å². The van der Waals surface area contributed by atoms with Crippen LogP contribution in [0.4, 0.5) is 11.4 Å². The van der Waals surface area contributed by atoms with Crippen LogP contribution in [0.3, 0.4) is 0 Å². The summed E-state index contributed by atoms with van der Waals surface area (Å²) in [5.41, 5.74) is 11.2. The molecule has 0 saturated carbocycles. The fraction of sp³-hybridized carbons (Fsp3) is 0.689. The molecule has 2 radical (unpaired) electrons. The van der Waals surface area contributed by atoms with Crippen LogP contribution in [0.1, 0.15) is 49.9 Å². The Morgan fingerprint density at radius 1 is 0.596 bits per heavy atom. The number of aryl methyl sites for hydroxylation is 4. The van der Waals surface area contributed by atoms with Crippen LogP contribution in [-0.4, -0.2) is 90.2 Å². The smallest absolute Gasteiger partial charge is 0.136 e. The maximum Gasteiger partial charge on any atom is 0.136 e. The molecule has 2 aromatic carbocycles. The number of hydrogen-bond donors (Lipinski definition) is 0. The first-order valence-electron chi connectivity index (χ1n) is 22.6. The molecule has 2 saturated heterocycles. The van der Waals surface area contributed by atoms with Crippen LogP contribution >= 0.6 is 0 Å². The quantitative estimate of drug-likeness (QED) is 0.190. The predicted octanol–water partition coefficient (Wildman–Crippen LogP) is 15.1. The molecule has 2 aliphatic heterocycles. The van der Waals surface area contributed by atoms with E-state index in [0.29, 0.717) is 5.54 Å². The van der Waals surface area contributed by atoms with Gasteiger partial charge in [0, 0.05) is 48.4 Å². The maximum absolute atomic E-state index is 6.58. The highest BCUT2D eigenvalue weighted by molar-refractivity contribution is 7.95. The molecule has 2 aromatic rings. The molecule has 0 aromatic heterocycles. The van der Waals surface area contributed by atoms with E-state index in [-0.39, 0.29) is 0 Å². The Labute approximate surface area is 365 Å². The van der Waals surface area contributed by atoms with Gasteiger partial charge in [-0.15, -0.1) is 0 Å². The van der Waals surface area contributed by atoms with E-state index in [4.69, 9.17) is 9.98 Å². The minimum atomic E-state index is -2.46. The molecule has 2 fully saturated rings. The summed E-state index contributed by atoms with van der Waals surface area (Å²) in [5, 5.41) is 0. The summed E-state index contributed by atoms with van der Waals surface area (Å²) < 4.78 is 0. The first-order chi connectivity index (χ1) is 25.5. The van der Waals surface area contributed by atoms with Crippen LogP contribution in [0.15, 0.2) is 46.4 Å². The zero-order valence-corrected chi connectivity index (χ0v) is 52.0. The van der Waals surface area contributed by atoms with E-state index >= 15 is 0 Å². The molecule has 2 nitrogen and oxygen atoms in total. The number of hydrogen-bond acceptors (Lipinski definition) is 2. The number of para-hydroxylation sites is 2. The van der Waals surface area contributed by atoms with Crippen molar-refractivity contribution in [2.75, 3.05) is 0 Å². The molecule has 0 N–H and O–H groups in total. The van der Waals surface area contributed by atoms with Gasteiger partial charge in [0.2, 0.25) is 0 Å². The average molecular weight is 938 g/mol. The summed E-state index contributed by atoms with van der Waals surface area (Å²) in [6.07, 6.45) is 0. The van der Waals surface area contributed by atoms with Gasteiger partial charge < -0.3 is 0 Å². The van der Waals surface area contributed by atoms with Crippen LogP contribution in [0.5, 0.6) is 0 Å². The van der Waals surface area contributed by atoms with Gasteiger partial charge in [0.1, 0.15) is 15.9 Å². The second kappa shape index (κ2) is 16.3. The van der Waals surface area contributed by atoms with E-state index in [2.05, 4.69) is 203 Å². The normalized spacial score (nSPS) is 25.4. The molecule has 2 aliphatic rings. The third-order valence-corrected chi connectivity index (χ3v) is 108. The standard InChI is InChI=1S/C45H88N2Si10/c1-33(2)48(43(50(9,10)11)51(12,13)14)49-41(46-39-35(5)28-26-29-36(39)6)56(42(49)47-40-37(7)30-27-31-38(40)8)32-55(24,25)45(54(21,22)23)57(56,34(3)4)44(52(15,16)17)53(18,19)20/h26-31,33-34,43-45H,32H2,1-25H3/t45-,56?,57-/m0/s1. The molecule has 1 spiro atoms. The molecule has 0 bridgehead atoms. The lowest BCUT2D eigenvalue weighted by Gasteiger charge is -2.68. The van der Waals surface area contributed by atoms with Crippen LogP contribution < -0.4 is 0 Å². The van der Waals surface area contributed by atoms with Gasteiger partial charge in [-0.25, -0.2) is 0 Å². The molecule has 57 heavy (non-hydrogen) atoms. The van der Waals surface area contributed by atoms with Gasteiger partial charge >= 0.3 is 0 Å². The molecule has 2 atom stereocenters. The van der Waals surface area contributed by atoms with E-state index in [0.717, 1.165) is 19.9 Å². The number of aliphatic imine (C=N–C) groups is 2. The Hall–Kier alpha value is -0.0512. The van der Waals surface area contributed by atoms with Crippen LogP contribution in [0, 0.1) is 27.7 Å². The lowest BCUT2D eigenvalue weighted by molar-refractivity contribution is 0.992. The highest BCUT2D eigenvalue weighted by atomic mass is 29.3. The summed E-state index contributed by atoms with van der Waals surface area (Å²) in [7, 11) is -16.7. The van der Waals surface area contributed by atoms with Crippen molar-refractivity contribution < 1.29 is 0 Å². The first kappa shape index (κ1) is 49.6. The van der Waals surface area contributed by atoms with Crippen molar-refractivity contribution in [2.24, 2.45) is 9.98 Å². The zero-order chi connectivity index (χ0) is 44.0. The Morgan fingerprint density at radius 3 is 1.21 bits per heavy atom. The van der Waals surface area contributed by atoms with Gasteiger partial charge in [-0.3, -0.25) is 9.98 Å². The second-order valence-corrected chi connectivity index (χ2v) is 84.1. The Balaban J connectivity index is 2.50. The molecular formula is C45H88N2Si10. The molecule has 318 valence electrons. The van der Waals surface area contributed by atoms with Crippen molar-refractivity contribution >= 4 is 102 Å². The predicted molar refractivity (Wildman–Crippen MR) is 290 cm³/mol. The van der Waals surface area contributed by atoms with E-state index in [1.807, 2.05) is 9.92 Å². The van der Waals surface area contributed by atoms with Crippen molar-refractivity contribution in [1.29, 1.82) is 0 Å². The summed E-state index contributed by atoms with van der Waals surface area (Å²) in [6.45, 7) is 68.5. The van der Waals surface area contributed by atoms with Crippen molar-refractivity contribution in [3.8, 4) is 0 Å². The van der Waals surface area contributed by atoms with Gasteiger partial charge in [-0.2, -0.15) is 0 Å².